The van der Waals surface area contributed by atoms with Crippen LogP contribution in [0.1, 0.15) is 32.1 Å². The Morgan fingerprint density at radius 1 is 1.55 bits per heavy atom. The maximum atomic E-state index is 10.8. The van der Waals surface area contributed by atoms with E-state index in [0.29, 0.717) is 6.42 Å². The first-order valence-corrected chi connectivity index (χ1v) is 3.80. The summed E-state index contributed by atoms with van der Waals surface area (Å²) in [5.74, 6) is 0.0524. The Kier molecular flexibility index (Phi) is 6.31. The average Bonchev–Trinajstić information content (AvgIpc) is 1.99. The molecule has 0 aromatic rings. The van der Waals surface area contributed by atoms with Gasteiger partial charge in [-0.25, -0.2) is 0 Å². The number of carbonyl (C=O) groups excluding carboxylic acids is 1. The van der Waals surface area contributed by atoms with Gasteiger partial charge >= 0.3 is 0 Å². The van der Waals surface area contributed by atoms with Gasteiger partial charge in [0.1, 0.15) is 5.78 Å². The Hall–Kier alpha value is -1.10. The molecule has 0 N–H and O–H groups in total. The molecule has 0 aliphatic carbocycles. The van der Waals surface area contributed by atoms with E-state index >= 15 is 0 Å². The predicted molar refractivity (Wildman–Crippen MR) is 43.9 cm³/mol. The van der Waals surface area contributed by atoms with E-state index in [1.807, 2.05) is 12.1 Å². The zero-order chi connectivity index (χ0) is 8.53. The number of unbranched alkanes of at least 4 members (excludes halogenated alkanes) is 2. The highest BCUT2D eigenvalue weighted by Gasteiger charge is 1.98. The van der Waals surface area contributed by atoms with Crippen molar-refractivity contribution in [3.8, 4) is 6.07 Å². The van der Waals surface area contributed by atoms with Crippen LogP contribution in [0.2, 0.25) is 0 Å². The van der Waals surface area contributed by atoms with Crippen LogP contribution < -0.4 is 0 Å². The summed E-state index contributed by atoms with van der Waals surface area (Å²) in [5.41, 5.74) is 0. The second-order valence-corrected chi connectivity index (χ2v) is 2.41. The largest absolute Gasteiger partial charge is 0.299 e. The molecule has 0 spiro atoms. The molecule has 0 fully saturated rings. The number of nitriles is 1. The van der Waals surface area contributed by atoms with Gasteiger partial charge in [0.05, 0.1) is 12.5 Å². The van der Waals surface area contributed by atoms with Crippen molar-refractivity contribution >= 4 is 5.78 Å². The lowest BCUT2D eigenvalue weighted by molar-refractivity contribution is -0.118. The summed E-state index contributed by atoms with van der Waals surface area (Å²) in [7, 11) is 0. The van der Waals surface area contributed by atoms with Gasteiger partial charge in [-0.1, -0.05) is 6.08 Å². The summed E-state index contributed by atoms with van der Waals surface area (Å²) in [6.45, 7) is 3.58. The van der Waals surface area contributed by atoms with Crippen LogP contribution in [0.15, 0.2) is 12.7 Å². The Balaban J connectivity index is 3.18. The highest BCUT2D eigenvalue weighted by molar-refractivity contribution is 5.80. The fraction of sp³-hybridized carbons (Fsp3) is 0.556. The minimum absolute atomic E-state index is 0.0524. The van der Waals surface area contributed by atoms with Crippen LogP contribution in [-0.4, -0.2) is 5.78 Å². The van der Waals surface area contributed by atoms with Crippen molar-refractivity contribution in [3.63, 3.8) is 0 Å². The molecule has 0 atom stereocenters. The number of rotatable bonds is 6. The van der Waals surface area contributed by atoms with E-state index in [1.165, 1.54) is 0 Å². The molecule has 0 saturated carbocycles. The van der Waals surface area contributed by atoms with Gasteiger partial charge in [0.25, 0.3) is 0 Å². The molecule has 0 aromatic carbocycles. The second kappa shape index (κ2) is 7.01. The maximum Gasteiger partial charge on any atom is 0.146 e. The lowest BCUT2D eigenvalue weighted by Gasteiger charge is -1.93. The summed E-state index contributed by atoms with van der Waals surface area (Å²) in [5, 5.41) is 8.15. The first-order chi connectivity index (χ1) is 5.31. The van der Waals surface area contributed by atoms with Crippen molar-refractivity contribution in [2.24, 2.45) is 0 Å². The SMILES string of the molecule is C=CCCCCC(=O)CC#N. The molecule has 0 aliphatic heterocycles. The highest BCUT2D eigenvalue weighted by atomic mass is 16.1. The Labute approximate surface area is 67.5 Å². The van der Waals surface area contributed by atoms with Crippen molar-refractivity contribution in [3.05, 3.63) is 12.7 Å². The van der Waals surface area contributed by atoms with E-state index in [1.54, 1.807) is 0 Å². The molecule has 2 nitrogen and oxygen atoms in total. The van der Waals surface area contributed by atoms with Gasteiger partial charge in [-0.05, 0) is 19.3 Å². The lowest BCUT2D eigenvalue weighted by Crippen LogP contribution is -1.94. The summed E-state index contributed by atoms with van der Waals surface area (Å²) < 4.78 is 0. The van der Waals surface area contributed by atoms with Crippen molar-refractivity contribution in [1.82, 2.24) is 0 Å². The highest BCUT2D eigenvalue weighted by Crippen LogP contribution is 2.01. The normalized spacial score (nSPS) is 8.64. The van der Waals surface area contributed by atoms with Crippen LogP contribution in [0.5, 0.6) is 0 Å². The van der Waals surface area contributed by atoms with E-state index < -0.39 is 0 Å². The fourth-order valence-electron chi connectivity index (χ4n) is 0.787. The average molecular weight is 151 g/mol. The first-order valence-electron chi connectivity index (χ1n) is 3.80. The number of Topliss-reactive ketones (excluding diaryl/α,β-unsaturated/α-hetero) is 1. The third-order valence-corrected chi connectivity index (χ3v) is 1.39. The number of ketones is 1. The Morgan fingerprint density at radius 3 is 2.82 bits per heavy atom. The molecule has 11 heavy (non-hydrogen) atoms. The number of allylic oxidation sites excluding steroid dienone is 1. The summed E-state index contributed by atoms with van der Waals surface area (Å²) in [4.78, 5) is 10.8. The molecule has 0 heterocycles. The molecule has 60 valence electrons. The molecule has 2 heteroatoms. The zero-order valence-corrected chi connectivity index (χ0v) is 6.68. The van der Waals surface area contributed by atoms with Crippen LogP contribution >= 0.6 is 0 Å². The molecular weight excluding hydrogens is 138 g/mol. The monoisotopic (exact) mass is 151 g/mol. The number of hydrogen-bond acceptors (Lipinski definition) is 2. The van der Waals surface area contributed by atoms with Crippen LogP contribution in [0.3, 0.4) is 0 Å². The van der Waals surface area contributed by atoms with Crippen molar-refractivity contribution < 1.29 is 4.79 Å². The molecular formula is C9H13NO. The smallest absolute Gasteiger partial charge is 0.146 e. The van der Waals surface area contributed by atoms with Gasteiger partial charge in [-0.15, -0.1) is 6.58 Å². The summed E-state index contributed by atoms with van der Waals surface area (Å²) in [6.07, 6.45) is 5.29. The quantitative estimate of drug-likeness (QED) is 0.431. The van der Waals surface area contributed by atoms with Crippen LogP contribution in [0.25, 0.3) is 0 Å². The van der Waals surface area contributed by atoms with E-state index in [0.717, 1.165) is 19.3 Å². The third kappa shape index (κ3) is 6.79. The number of carbonyl (C=O) groups is 1. The summed E-state index contributed by atoms with van der Waals surface area (Å²) in [6, 6.07) is 1.84. The molecule has 0 rings (SSSR count). The minimum atomic E-state index is 0.0524. The van der Waals surface area contributed by atoms with Crippen molar-refractivity contribution in [2.75, 3.05) is 0 Å². The second-order valence-electron chi connectivity index (χ2n) is 2.41. The molecule has 0 bridgehead atoms. The Morgan fingerprint density at radius 2 is 2.27 bits per heavy atom. The zero-order valence-electron chi connectivity index (χ0n) is 6.68. The van der Waals surface area contributed by atoms with E-state index in [2.05, 4.69) is 6.58 Å². The minimum Gasteiger partial charge on any atom is -0.299 e. The lowest BCUT2D eigenvalue weighted by atomic mass is 10.1. The van der Waals surface area contributed by atoms with Crippen LogP contribution in [0, 0.1) is 11.3 Å². The number of nitrogens with zero attached hydrogens (tertiary/aromatic N) is 1. The van der Waals surface area contributed by atoms with Gasteiger partial charge in [0, 0.05) is 6.42 Å². The van der Waals surface area contributed by atoms with E-state index in [4.69, 9.17) is 5.26 Å². The van der Waals surface area contributed by atoms with Gasteiger partial charge in [-0.2, -0.15) is 5.26 Å². The maximum absolute atomic E-state index is 10.8. The molecule has 0 radical (unpaired) electrons. The molecule has 0 aromatic heterocycles. The molecule has 0 saturated heterocycles. The van der Waals surface area contributed by atoms with Crippen molar-refractivity contribution in [2.45, 2.75) is 32.1 Å². The third-order valence-electron chi connectivity index (χ3n) is 1.39. The van der Waals surface area contributed by atoms with E-state index in [9.17, 15) is 4.79 Å². The van der Waals surface area contributed by atoms with Gasteiger partial charge < -0.3 is 0 Å². The van der Waals surface area contributed by atoms with Crippen LogP contribution in [0.4, 0.5) is 0 Å². The topological polar surface area (TPSA) is 40.9 Å². The predicted octanol–water partition coefficient (Wildman–Crippen LogP) is 2.22. The fourth-order valence-corrected chi connectivity index (χ4v) is 0.787. The number of hydrogen-bond donors (Lipinski definition) is 0. The van der Waals surface area contributed by atoms with Gasteiger partial charge in [0.2, 0.25) is 0 Å². The molecule has 0 amide bonds. The standard InChI is InChI=1S/C9H13NO/c1-2-3-4-5-6-9(11)7-8-10/h2H,1,3-7H2. The first kappa shape index (κ1) is 9.90. The van der Waals surface area contributed by atoms with Gasteiger partial charge in [0.15, 0.2) is 0 Å². The van der Waals surface area contributed by atoms with Gasteiger partial charge in [-0.3, -0.25) is 4.79 Å². The molecule has 0 unspecified atom stereocenters. The van der Waals surface area contributed by atoms with Crippen LogP contribution in [-0.2, 0) is 4.79 Å². The Bertz CT molecular complexity index is 167. The summed E-state index contributed by atoms with van der Waals surface area (Å²) >= 11 is 0. The molecule has 0 aliphatic rings. The van der Waals surface area contributed by atoms with E-state index in [-0.39, 0.29) is 12.2 Å². The van der Waals surface area contributed by atoms with Crippen molar-refractivity contribution in [1.29, 1.82) is 5.26 Å².